The highest BCUT2D eigenvalue weighted by molar-refractivity contribution is 6.32. The van der Waals surface area contributed by atoms with E-state index in [-0.39, 0.29) is 10.9 Å². The molecule has 1 heterocycles. The van der Waals surface area contributed by atoms with E-state index in [1.54, 1.807) is 0 Å². The Balaban J connectivity index is 2.88. The van der Waals surface area contributed by atoms with Crippen LogP contribution >= 0.6 is 11.6 Å². The number of benzene rings is 1. The number of alkyl halides is 3. The average molecular weight is 320 g/mol. The minimum absolute atomic E-state index is 0.0661. The zero-order valence-electron chi connectivity index (χ0n) is 10.6. The molecule has 112 valence electrons. The van der Waals surface area contributed by atoms with Crippen molar-refractivity contribution in [1.29, 1.82) is 0 Å². The van der Waals surface area contributed by atoms with Gasteiger partial charge in [0.2, 0.25) is 0 Å². The molecule has 2 rings (SSSR count). The first kappa shape index (κ1) is 15.4. The minimum Gasteiger partial charge on any atom is -0.480 e. The number of rotatable bonds is 2. The maximum Gasteiger partial charge on any atom is 0.417 e. The molecule has 4 nitrogen and oxygen atoms in total. The van der Waals surface area contributed by atoms with Gasteiger partial charge in [-0.15, -0.1) is 0 Å². The van der Waals surface area contributed by atoms with Crippen LogP contribution in [0.25, 0.3) is 10.9 Å². The zero-order chi connectivity index (χ0) is 15.9. The highest BCUT2D eigenvalue weighted by Gasteiger charge is 2.34. The van der Waals surface area contributed by atoms with Gasteiger partial charge in [0.15, 0.2) is 5.43 Å². The Labute approximate surface area is 121 Å². The Kier molecular flexibility index (Phi) is 3.71. The van der Waals surface area contributed by atoms with Gasteiger partial charge in [0.1, 0.15) is 6.04 Å². The monoisotopic (exact) mass is 319 g/mol. The molecular weight excluding hydrogens is 311 g/mol. The van der Waals surface area contributed by atoms with Crippen LogP contribution in [0.3, 0.4) is 0 Å². The molecule has 0 spiro atoms. The first-order valence-electron chi connectivity index (χ1n) is 5.77. The van der Waals surface area contributed by atoms with Crippen molar-refractivity contribution in [3.05, 3.63) is 45.2 Å². The highest BCUT2D eigenvalue weighted by atomic mass is 35.5. The molecule has 0 amide bonds. The number of pyridine rings is 1. The number of hydrogen-bond donors (Lipinski definition) is 1. The molecule has 1 atom stereocenters. The summed E-state index contributed by atoms with van der Waals surface area (Å²) in [4.78, 5) is 22.8. The molecule has 0 aliphatic rings. The molecule has 21 heavy (non-hydrogen) atoms. The number of nitrogens with zero attached hydrogens (tertiary/aromatic N) is 1. The fourth-order valence-corrected chi connectivity index (χ4v) is 2.24. The maximum absolute atomic E-state index is 12.9. The van der Waals surface area contributed by atoms with Crippen molar-refractivity contribution >= 4 is 28.5 Å². The Bertz CT molecular complexity index is 783. The molecule has 0 aliphatic heterocycles. The van der Waals surface area contributed by atoms with Crippen molar-refractivity contribution in [3.63, 3.8) is 0 Å². The predicted molar refractivity (Wildman–Crippen MR) is 70.6 cm³/mol. The van der Waals surface area contributed by atoms with E-state index >= 15 is 0 Å². The van der Waals surface area contributed by atoms with E-state index in [2.05, 4.69) is 0 Å². The van der Waals surface area contributed by atoms with Gasteiger partial charge in [-0.2, -0.15) is 13.2 Å². The van der Waals surface area contributed by atoms with Crippen molar-refractivity contribution in [3.8, 4) is 0 Å². The first-order valence-corrected chi connectivity index (χ1v) is 6.15. The zero-order valence-corrected chi connectivity index (χ0v) is 11.4. The van der Waals surface area contributed by atoms with Crippen LogP contribution in [-0.2, 0) is 11.0 Å². The Morgan fingerprint density at radius 3 is 2.52 bits per heavy atom. The first-order chi connectivity index (χ1) is 9.62. The van der Waals surface area contributed by atoms with Gasteiger partial charge in [-0.05, 0) is 19.1 Å². The highest BCUT2D eigenvalue weighted by Crippen LogP contribution is 2.36. The van der Waals surface area contributed by atoms with Gasteiger partial charge in [0.25, 0.3) is 0 Å². The third-order valence-electron chi connectivity index (χ3n) is 3.10. The lowest BCUT2D eigenvalue weighted by Gasteiger charge is -2.17. The van der Waals surface area contributed by atoms with E-state index < -0.39 is 34.2 Å². The van der Waals surface area contributed by atoms with Gasteiger partial charge in [-0.3, -0.25) is 4.79 Å². The summed E-state index contributed by atoms with van der Waals surface area (Å²) >= 11 is 5.57. The third-order valence-corrected chi connectivity index (χ3v) is 3.41. The summed E-state index contributed by atoms with van der Waals surface area (Å²) in [5, 5.41) is 8.33. The summed E-state index contributed by atoms with van der Waals surface area (Å²) in [5.41, 5.74) is -1.78. The van der Waals surface area contributed by atoms with Crippen LogP contribution in [0, 0.1) is 0 Å². The molecule has 1 unspecified atom stereocenters. The topological polar surface area (TPSA) is 59.3 Å². The molecule has 0 saturated carbocycles. The van der Waals surface area contributed by atoms with Crippen LogP contribution < -0.4 is 5.43 Å². The number of aliphatic carboxylic acids is 1. The number of carboxylic acids is 1. The van der Waals surface area contributed by atoms with Gasteiger partial charge in [0, 0.05) is 17.6 Å². The van der Waals surface area contributed by atoms with Gasteiger partial charge in [0.05, 0.1) is 16.1 Å². The second kappa shape index (κ2) is 5.07. The standard InChI is InChI=1S/C13H9ClF3NO3/c1-6(12(20)21)18-3-2-11(19)7-4-9(14)8(5-10(7)18)13(15,16)17/h2-6H,1H3,(H,20,21). The molecule has 0 radical (unpaired) electrons. The third kappa shape index (κ3) is 2.73. The molecule has 1 aromatic heterocycles. The normalized spacial score (nSPS) is 13.4. The van der Waals surface area contributed by atoms with Gasteiger partial charge in [-0.1, -0.05) is 11.6 Å². The quantitative estimate of drug-likeness (QED) is 0.923. The van der Waals surface area contributed by atoms with Gasteiger partial charge in [-0.25, -0.2) is 4.79 Å². The number of carboxylic acid groups (broad SMARTS) is 1. The average Bonchev–Trinajstić information content (AvgIpc) is 2.37. The molecule has 0 aliphatic carbocycles. The lowest BCUT2D eigenvalue weighted by molar-refractivity contribution is -0.140. The summed E-state index contributed by atoms with van der Waals surface area (Å²) in [7, 11) is 0. The number of halogens is 4. The van der Waals surface area contributed by atoms with Gasteiger partial charge < -0.3 is 9.67 Å². The molecule has 1 N–H and O–H groups in total. The number of fused-ring (bicyclic) bond motifs is 1. The van der Waals surface area contributed by atoms with Gasteiger partial charge >= 0.3 is 12.1 Å². The van der Waals surface area contributed by atoms with Crippen molar-refractivity contribution in [1.82, 2.24) is 4.57 Å². The summed E-state index contributed by atoms with van der Waals surface area (Å²) in [5.74, 6) is -1.23. The summed E-state index contributed by atoms with van der Waals surface area (Å²) in [6, 6.07) is 1.56. The molecular formula is C13H9ClF3NO3. The fourth-order valence-electron chi connectivity index (χ4n) is 1.96. The van der Waals surface area contributed by atoms with E-state index in [0.717, 1.165) is 22.9 Å². The molecule has 0 saturated heterocycles. The van der Waals surface area contributed by atoms with Crippen LogP contribution in [0.2, 0.25) is 5.02 Å². The molecule has 1 aromatic carbocycles. The van der Waals surface area contributed by atoms with Crippen LogP contribution in [-0.4, -0.2) is 15.6 Å². The van der Waals surface area contributed by atoms with E-state index in [9.17, 15) is 22.8 Å². The number of hydrogen-bond acceptors (Lipinski definition) is 2. The molecule has 0 bridgehead atoms. The number of aromatic nitrogens is 1. The second-order valence-corrected chi connectivity index (χ2v) is 4.86. The van der Waals surface area contributed by atoms with Crippen molar-refractivity contribution < 1.29 is 23.1 Å². The summed E-state index contributed by atoms with van der Waals surface area (Å²) in [6.07, 6.45) is -3.55. The maximum atomic E-state index is 12.9. The predicted octanol–water partition coefficient (Wildman–Crippen LogP) is 3.32. The molecule has 0 fully saturated rings. The van der Waals surface area contributed by atoms with Crippen molar-refractivity contribution in [2.45, 2.75) is 19.1 Å². The lowest BCUT2D eigenvalue weighted by Crippen LogP contribution is -2.19. The Morgan fingerprint density at radius 1 is 1.38 bits per heavy atom. The Hall–Kier alpha value is -2.02. The Morgan fingerprint density at radius 2 is 2.00 bits per heavy atom. The van der Waals surface area contributed by atoms with Crippen LogP contribution in [0.5, 0.6) is 0 Å². The van der Waals surface area contributed by atoms with Crippen LogP contribution in [0.4, 0.5) is 13.2 Å². The fraction of sp³-hybridized carbons (Fsp3) is 0.231. The largest absolute Gasteiger partial charge is 0.480 e. The van der Waals surface area contributed by atoms with E-state index in [0.29, 0.717) is 6.07 Å². The van der Waals surface area contributed by atoms with Crippen LogP contribution in [0.15, 0.2) is 29.2 Å². The number of carbonyl (C=O) groups is 1. The smallest absolute Gasteiger partial charge is 0.417 e. The van der Waals surface area contributed by atoms with Crippen LogP contribution in [0.1, 0.15) is 18.5 Å². The molecule has 8 heteroatoms. The minimum atomic E-state index is -4.70. The van der Waals surface area contributed by atoms with E-state index in [1.807, 2.05) is 0 Å². The SMILES string of the molecule is CC(C(=O)O)n1ccc(=O)c2cc(Cl)c(C(F)(F)F)cc21. The lowest BCUT2D eigenvalue weighted by atomic mass is 10.1. The molecule has 2 aromatic rings. The van der Waals surface area contributed by atoms with Crippen molar-refractivity contribution in [2.24, 2.45) is 0 Å². The summed E-state index contributed by atoms with van der Waals surface area (Å²) in [6.45, 7) is 1.30. The second-order valence-electron chi connectivity index (χ2n) is 4.45. The van der Waals surface area contributed by atoms with E-state index in [1.165, 1.54) is 6.92 Å². The van der Waals surface area contributed by atoms with Crippen molar-refractivity contribution in [2.75, 3.05) is 0 Å². The van der Waals surface area contributed by atoms with E-state index in [4.69, 9.17) is 16.7 Å². The summed E-state index contributed by atoms with van der Waals surface area (Å²) < 4.78 is 39.7.